The van der Waals surface area contributed by atoms with Gasteiger partial charge in [0.05, 0.1) is 11.3 Å². The average molecular weight is 464 g/mol. The number of amides is 1. The summed E-state index contributed by atoms with van der Waals surface area (Å²) < 4.78 is 14.7. The molecule has 1 amide bonds. The van der Waals surface area contributed by atoms with Gasteiger partial charge in [0.2, 0.25) is 5.95 Å². The summed E-state index contributed by atoms with van der Waals surface area (Å²) in [5.74, 6) is 1.24. The first-order chi connectivity index (χ1) is 16.0. The number of fused-ring (bicyclic) bond motifs is 1. The number of benzene rings is 1. The van der Waals surface area contributed by atoms with Crippen LogP contribution in [0.4, 0.5) is 10.3 Å². The van der Waals surface area contributed by atoms with Gasteiger partial charge in [-0.3, -0.25) is 9.79 Å². The number of nitrogens with zero attached hydrogens (tertiary/aromatic N) is 4. The van der Waals surface area contributed by atoms with Crippen molar-refractivity contribution < 1.29 is 16.3 Å². The fourth-order valence-corrected chi connectivity index (χ4v) is 4.92. The monoisotopic (exact) mass is 463 g/mol. The summed E-state index contributed by atoms with van der Waals surface area (Å²) in [6, 6.07) is 6.38. The maximum absolute atomic E-state index is 14.7. The first-order valence-corrected chi connectivity index (χ1v) is 11.7. The number of hydrogen-bond acceptors (Lipinski definition) is 5. The number of anilines is 1. The van der Waals surface area contributed by atoms with Gasteiger partial charge in [-0.25, -0.2) is 14.4 Å². The third-order valence-corrected chi connectivity index (χ3v) is 6.64. The normalized spacial score (nSPS) is 20.1. The van der Waals surface area contributed by atoms with E-state index < -0.39 is 5.82 Å². The maximum atomic E-state index is 14.7. The second-order valence-electron chi connectivity index (χ2n) is 8.87. The van der Waals surface area contributed by atoms with Crippen molar-refractivity contribution >= 4 is 17.8 Å². The highest BCUT2D eigenvalue weighted by atomic mass is 19.1. The number of aromatic nitrogens is 2. The van der Waals surface area contributed by atoms with Gasteiger partial charge in [-0.2, -0.15) is 0 Å². The van der Waals surface area contributed by atoms with Crippen LogP contribution in [-0.4, -0.2) is 48.0 Å². The van der Waals surface area contributed by atoms with Gasteiger partial charge < -0.3 is 21.7 Å². The molecule has 2 unspecified atom stereocenters. The van der Waals surface area contributed by atoms with Crippen molar-refractivity contribution in [3.05, 3.63) is 41.8 Å². The van der Waals surface area contributed by atoms with Crippen LogP contribution in [0, 0.1) is 17.7 Å². The lowest BCUT2D eigenvalue weighted by Gasteiger charge is -2.41. The topological polar surface area (TPSA) is 123 Å². The number of halogens is 1. The van der Waals surface area contributed by atoms with E-state index in [9.17, 15) is 9.18 Å². The van der Waals surface area contributed by atoms with Crippen LogP contribution in [0.15, 0.2) is 35.5 Å². The molecule has 2 atom stereocenters. The van der Waals surface area contributed by atoms with E-state index in [0.717, 1.165) is 25.4 Å². The van der Waals surface area contributed by atoms with Gasteiger partial charge >= 0.3 is 0 Å². The second-order valence-corrected chi connectivity index (χ2v) is 8.87. The fourth-order valence-electron chi connectivity index (χ4n) is 4.92. The predicted molar refractivity (Wildman–Crippen MR) is 138 cm³/mol. The first kappa shape index (κ1) is 22.9. The molecule has 4 rings (SSSR count). The Bertz CT molecular complexity index is 1030. The summed E-state index contributed by atoms with van der Waals surface area (Å²) in [6.45, 7) is 2.59. The molecule has 9 heteroatoms. The molecule has 0 bridgehead atoms. The number of rotatable bonds is 7. The Morgan fingerprint density at radius 1 is 1.21 bits per heavy atom. The Morgan fingerprint density at radius 2 is 2.00 bits per heavy atom. The summed E-state index contributed by atoms with van der Waals surface area (Å²) in [5.41, 5.74) is 11.5. The van der Waals surface area contributed by atoms with E-state index in [0.29, 0.717) is 42.6 Å². The zero-order valence-electron chi connectivity index (χ0n) is 18.8. The number of nitrogens with two attached hydrogens (primary N) is 2. The van der Waals surface area contributed by atoms with Crippen LogP contribution in [-0.2, 0) is 0 Å². The molecule has 1 aromatic heterocycles. The predicted octanol–water partition coefficient (Wildman–Crippen LogP) is 3.92. The number of carbonyl (C=O) groups is 1. The Kier molecular flexibility index (Phi) is 7.36. The molecule has 186 valence electrons. The minimum Gasteiger partial charge on any atom is -0.370 e. The number of aliphatic imine (C=N–C) groups is 1. The number of hydrogen-bond donors (Lipinski definition) is 3. The lowest BCUT2D eigenvalue weighted by molar-refractivity contribution is 0.0953. The average Bonchev–Trinajstić information content (AvgIpc) is 2.83. The molecule has 8 nitrogen and oxygen atoms in total. The van der Waals surface area contributed by atoms with Crippen LogP contribution in [0.5, 0.6) is 0 Å². The van der Waals surface area contributed by atoms with Crippen LogP contribution < -0.4 is 21.7 Å². The summed E-state index contributed by atoms with van der Waals surface area (Å²) in [5, 5.41) is 2.83. The number of carbonyl (C=O) groups excluding carboxylic acids is 1. The molecule has 2 heterocycles. The van der Waals surface area contributed by atoms with E-state index in [1.54, 1.807) is 18.2 Å². The van der Waals surface area contributed by atoms with Gasteiger partial charge in [-0.1, -0.05) is 31.4 Å². The van der Waals surface area contributed by atoms with Crippen molar-refractivity contribution in [3.8, 4) is 11.3 Å². The molecule has 0 spiro atoms. The van der Waals surface area contributed by atoms with Crippen LogP contribution in [0.3, 0.4) is 0 Å². The minimum atomic E-state index is -0.421. The van der Waals surface area contributed by atoms with Crippen LogP contribution in [0.25, 0.3) is 11.3 Å². The van der Waals surface area contributed by atoms with Gasteiger partial charge in [-0.05, 0) is 43.2 Å². The van der Waals surface area contributed by atoms with Crippen molar-refractivity contribution in [2.75, 3.05) is 31.1 Å². The fraction of sp³-hybridized carbons (Fsp3) is 0.500. The quantitative estimate of drug-likeness (QED) is 0.325. The SMILES string of the molecule is NC(N)=NCCCNC(=O)c1cnc(N2CCC3CCCCC3C2)nc1-c1ccccc1F.[HH].[HH].[HH].[HH].[HH]. The van der Waals surface area contributed by atoms with Crippen molar-refractivity contribution in [2.45, 2.75) is 38.5 Å². The molecule has 5 N–H and O–H groups in total. The van der Waals surface area contributed by atoms with E-state index in [1.165, 1.54) is 37.9 Å². The van der Waals surface area contributed by atoms with E-state index in [-0.39, 0.29) is 24.6 Å². The Hall–Kier alpha value is -3.23. The van der Waals surface area contributed by atoms with Gasteiger partial charge in [-0.15, -0.1) is 0 Å². The van der Waals surface area contributed by atoms with Gasteiger partial charge in [0, 0.05) is 45.1 Å². The van der Waals surface area contributed by atoms with Crippen molar-refractivity contribution in [3.63, 3.8) is 0 Å². The van der Waals surface area contributed by atoms with Crippen LogP contribution in [0.2, 0.25) is 0 Å². The lowest BCUT2D eigenvalue weighted by Crippen LogP contribution is -2.42. The molecule has 1 aliphatic heterocycles. The molecule has 1 aliphatic carbocycles. The van der Waals surface area contributed by atoms with Crippen molar-refractivity contribution in [2.24, 2.45) is 28.3 Å². The molecular formula is C24H42FN7O. The summed E-state index contributed by atoms with van der Waals surface area (Å²) in [7, 11) is 0. The summed E-state index contributed by atoms with van der Waals surface area (Å²) >= 11 is 0. The highest BCUT2D eigenvalue weighted by Crippen LogP contribution is 2.37. The van der Waals surface area contributed by atoms with Crippen molar-refractivity contribution in [1.82, 2.24) is 15.3 Å². The Balaban J connectivity index is 0. The number of piperidine rings is 1. The molecule has 1 aromatic carbocycles. The van der Waals surface area contributed by atoms with E-state index >= 15 is 0 Å². The largest absolute Gasteiger partial charge is 0.370 e. The van der Waals surface area contributed by atoms with Crippen LogP contribution >= 0.6 is 0 Å². The zero-order chi connectivity index (χ0) is 23.2. The molecule has 2 aliphatic rings. The molecule has 33 heavy (non-hydrogen) atoms. The third-order valence-electron chi connectivity index (χ3n) is 6.64. The summed E-state index contributed by atoms with van der Waals surface area (Å²) in [6.07, 6.45) is 8.37. The third kappa shape index (κ3) is 5.58. The number of guanidine groups is 1. The molecule has 1 saturated heterocycles. The molecule has 0 radical (unpaired) electrons. The molecular weight excluding hydrogens is 421 g/mol. The van der Waals surface area contributed by atoms with E-state index in [1.807, 2.05) is 0 Å². The van der Waals surface area contributed by atoms with E-state index in [4.69, 9.17) is 16.5 Å². The van der Waals surface area contributed by atoms with Gasteiger partial charge in [0.25, 0.3) is 5.91 Å². The highest BCUT2D eigenvalue weighted by molar-refractivity contribution is 5.99. The van der Waals surface area contributed by atoms with Crippen LogP contribution in [0.1, 0.15) is 56.0 Å². The maximum Gasteiger partial charge on any atom is 0.255 e. The molecule has 1 saturated carbocycles. The smallest absolute Gasteiger partial charge is 0.255 e. The molecule has 2 aromatic rings. The zero-order valence-corrected chi connectivity index (χ0v) is 18.8. The van der Waals surface area contributed by atoms with Gasteiger partial charge in [0.15, 0.2) is 5.96 Å². The van der Waals surface area contributed by atoms with E-state index in [2.05, 4.69) is 20.2 Å². The summed E-state index contributed by atoms with van der Waals surface area (Å²) in [4.78, 5) is 28.2. The molecule has 2 fully saturated rings. The second kappa shape index (κ2) is 10.6. The van der Waals surface area contributed by atoms with Crippen molar-refractivity contribution in [1.29, 1.82) is 0 Å². The number of nitrogens with one attached hydrogen (secondary N) is 1. The van der Waals surface area contributed by atoms with Gasteiger partial charge in [0.1, 0.15) is 5.82 Å². The Morgan fingerprint density at radius 3 is 2.79 bits per heavy atom. The lowest BCUT2D eigenvalue weighted by atomic mass is 9.75. The first-order valence-electron chi connectivity index (χ1n) is 11.7. The minimum absolute atomic E-state index is 0. The standard InChI is InChI=1S/C24H32FN7O.5H2/c25-20-9-4-3-8-18(20)21-19(22(33)28-11-5-12-29-23(26)27)14-30-24(31-21)32-13-10-16-6-1-2-7-17(16)15-32;;;;;/h3-4,8-9,14,16-17H,1-2,5-7,10-13,15H2,(H,28,33)(H4,26,27,29);5*1H. The Labute approximate surface area is 201 Å². The highest BCUT2D eigenvalue weighted by Gasteiger charge is 2.32.